The standard InChI is InChI=1S/C14H26N2O2/c1-2-5-14(6-8-15-9-7-14)13(18)16-10-12(17)11-3-4-11/h11-12,15,17H,2-10H2,1H3,(H,16,18). The van der Waals surface area contributed by atoms with E-state index in [0.29, 0.717) is 12.5 Å². The van der Waals surface area contributed by atoms with E-state index in [1.54, 1.807) is 0 Å². The highest BCUT2D eigenvalue weighted by molar-refractivity contribution is 5.82. The van der Waals surface area contributed by atoms with Crippen molar-refractivity contribution in [2.45, 2.75) is 51.6 Å². The molecule has 104 valence electrons. The van der Waals surface area contributed by atoms with E-state index in [1.165, 1.54) is 0 Å². The molecule has 1 saturated carbocycles. The zero-order valence-electron chi connectivity index (χ0n) is 11.4. The third kappa shape index (κ3) is 3.23. The Bertz CT molecular complexity index is 278. The van der Waals surface area contributed by atoms with Gasteiger partial charge in [-0.2, -0.15) is 0 Å². The van der Waals surface area contributed by atoms with Crippen LogP contribution in [0.3, 0.4) is 0 Å². The first kappa shape index (κ1) is 13.8. The lowest BCUT2D eigenvalue weighted by atomic mass is 9.74. The quantitative estimate of drug-likeness (QED) is 0.664. The lowest BCUT2D eigenvalue weighted by Gasteiger charge is -2.36. The lowest BCUT2D eigenvalue weighted by Crippen LogP contribution is -2.49. The highest BCUT2D eigenvalue weighted by Gasteiger charge is 2.39. The Morgan fingerprint density at radius 2 is 2.11 bits per heavy atom. The number of amides is 1. The van der Waals surface area contributed by atoms with Crippen molar-refractivity contribution in [3.05, 3.63) is 0 Å². The van der Waals surface area contributed by atoms with Crippen LogP contribution in [0.1, 0.15) is 45.4 Å². The van der Waals surface area contributed by atoms with Crippen LogP contribution in [0.5, 0.6) is 0 Å². The smallest absolute Gasteiger partial charge is 0.226 e. The van der Waals surface area contributed by atoms with Gasteiger partial charge in [0, 0.05) is 6.54 Å². The molecule has 0 spiro atoms. The van der Waals surface area contributed by atoms with Crippen LogP contribution in [-0.2, 0) is 4.79 Å². The maximum absolute atomic E-state index is 12.4. The van der Waals surface area contributed by atoms with Crippen LogP contribution in [0.15, 0.2) is 0 Å². The molecule has 0 radical (unpaired) electrons. The summed E-state index contributed by atoms with van der Waals surface area (Å²) in [6, 6.07) is 0. The van der Waals surface area contributed by atoms with Gasteiger partial charge in [0.15, 0.2) is 0 Å². The monoisotopic (exact) mass is 254 g/mol. The first-order chi connectivity index (χ1) is 8.68. The summed E-state index contributed by atoms with van der Waals surface area (Å²) >= 11 is 0. The molecule has 1 atom stereocenters. The molecule has 1 aliphatic carbocycles. The minimum Gasteiger partial charge on any atom is -0.391 e. The summed E-state index contributed by atoms with van der Waals surface area (Å²) in [6.45, 7) is 4.43. The van der Waals surface area contributed by atoms with Crippen LogP contribution in [0, 0.1) is 11.3 Å². The summed E-state index contributed by atoms with van der Waals surface area (Å²) in [6.07, 6.45) is 5.73. The number of aliphatic hydroxyl groups is 1. The lowest BCUT2D eigenvalue weighted by molar-refractivity contribution is -0.133. The predicted octanol–water partition coefficient (Wildman–Crippen LogP) is 1.04. The number of carbonyl (C=O) groups is 1. The molecule has 2 aliphatic rings. The molecular formula is C14H26N2O2. The topological polar surface area (TPSA) is 61.4 Å². The molecule has 1 amide bonds. The van der Waals surface area contributed by atoms with Gasteiger partial charge in [0.2, 0.25) is 5.91 Å². The van der Waals surface area contributed by atoms with Crippen molar-refractivity contribution >= 4 is 5.91 Å². The zero-order chi connectivity index (χ0) is 13.0. The second kappa shape index (κ2) is 6.02. The van der Waals surface area contributed by atoms with E-state index in [0.717, 1.165) is 51.6 Å². The first-order valence-electron chi connectivity index (χ1n) is 7.35. The molecule has 1 heterocycles. The molecular weight excluding hydrogens is 228 g/mol. The maximum Gasteiger partial charge on any atom is 0.226 e. The number of hydrogen-bond acceptors (Lipinski definition) is 3. The molecule has 3 N–H and O–H groups in total. The molecule has 18 heavy (non-hydrogen) atoms. The van der Waals surface area contributed by atoms with Crippen LogP contribution in [0.2, 0.25) is 0 Å². The van der Waals surface area contributed by atoms with Crippen LogP contribution < -0.4 is 10.6 Å². The van der Waals surface area contributed by atoms with E-state index in [4.69, 9.17) is 0 Å². The van der Waals surface area contributed by atoms with Crippen molar-refractivity contribution in [2.24, 2.45) is 11.3 Å². The second-order valence-corrected chi connectivity index (χ2v) is 5.90. The molecule has 2 fully saturated rings. The summed E-state index contributed by atoms with van der Waals surface area (Å²) in [5.41, 5.74) is -0.191. The maximum atomic E-state index is 12.4. The van der Waals surface area contributed by atoms with Crippen LogP contribution >= 0.6 is 0 Å². The molecule has 2 rings (SSSR count). The number of aliphatic hydroxyl groups excluding tert-OH is 1. The van der Waals surface area contributed by atoms with Crippen molar-refractivity contribution in [3.63, 3.8) is 0 Å². The third-order valence-electron chi connectivity index (χ3n) is 4.41. The average molecular weight is 254 g/mol. The molecule has 4 nitrogen and oxygen atoms in total. The zero-order valence-corrected chi connectivity index (χ0v) is 11.4. The van der Waals surface area contributed by atoms with Crippen molar-refractivity contribution in [1.29, 1.82) is 0 Å². The Morgan fingerprint density at radius 1 is 1.44 bits per heavy atom. The Kier molecular flexibility index (Phi) is 4.62. The SMILES string of the molecule is CCCC1(C(=O)NCC(O)C2CC2)CCNCC1. The molecule has 0 aromatic carbocycles. The number of nitrogens with one attached hydrogen (secondary N) is 2. The number of rotatable bonds is 6. The molecule has 1 saturated heterocycles. The van der Waals surface area contributed by atoms with Gasteiger partial charge >= 0.3 is 0 Å². The van der Waals surface area contributed by atoms with Gasteiger partial charge in [0.1, 0.15) is 0 Å². The van der Waals surface area contributed by atoms with Crippen molar-refractivity contribution in [2.75, 3.05) is 19.6 Å². The third-order valence-corrected chi connectivity index (χ3v) is 4.41. The van der Waals surface area contributed by atoms with E-state index in [-0.39, 0.29) is 17.4 Å². The Hall–Kier alpha value is -0.610. The first-order valence-corrected chi connectivity index (χ1v) is 7.35. The van der Waals surface area contributed by atoms with E-state index in [9.17, 15) is 9.90 Å². The Labute approximate surface area is 110 Å². The van der Waals surface area contributed by atoms with E-state index < -0.39 is 0 Å². The van der Waals surface area contributed by atoms with Crippen molar-refractivity contribution in [3.8, 4) is 0 Å². The number of piperidine rings is 1. The summed E-state index contributed by atoms with van der Waals surface area (Å²) in [4.78, 5) is 12.4. The van der Waals surface area contributed by atoms with Gasteiger partial charge in [-0.05, 0) is 51.1 Å². The minimum atomic E-state index is -0.339. The summed E-state index contributed by atoms with van der Waals surface area (Å²) in [5.74, 6) is 0.589. The highest BCUT2D eigenvalue weighted by Crippen LogP contribution is 2.35. The van der Waals surface area contributed by atoms with Crippen LogP contribution in [0.4, 0.5) is 0 Å². The highest BCUT2D eigenvalue weighted by atomic mass is 16.3. The fraction of sp³-hybridized carbons (Fsp3) is 0.929. The minimum absolute atomic E-state index is 0.158. The van der Waals surface area contributed by atoms with Gasteiger partial charge in [-0.25, -0.2) is 0 Å². The molecule has 0 aromatic rings. The van der Waals surface area contributed by atoms with E-state index in [1.807, 2.05) is 0 Å². The van der Waals surface area contributed by atoms with E-state index in [2.05, 4.69) is 17.6 Å². The summed E-state index contributed by atoms with van der Waals surface area (Å²) in [5, 5.41) is 16.1. The predicted molar refractivity (Wildman–Crippen MR) is 71.2 cm³/mol. The normalized spacial score (nSPS) is 24.6. The van der Waals surface area contributed by atoms with Gasteiger partial charge in [-0.15, -0.1) is 0 Å². The molecule has 1 unspecified atom stereocenters. The molecule has 4 heteroatoms. The van der Waals surface area contributed by atoms with Crippen molar-refractivity contribution < 1.29 is 9.90 Å². The van der Waals surface area contributed by atoms with Gasteiger partial charge in [0.05, 0.1) is 11.5 Å². The fourth-order valence-corrected chi connectivity index (χ4v) is 3.01. The van der Waals surface area contributed by atoms with Gasteiger partial charge in [-0.3, -0.25) is 4.79 Å². The Morgan fingerprint density at radius 3 is 2.67 bits per heavy atom. The van der Waals surface area contributed by atoms with Gasteiger partial charge < -0.3 is 15.7 Å². The summed E-state index contributed by atoms with van der Waals surface area (Å²) in [7, 11) is 0. The van der Waals surface area contributed by atoms with Crippen LogP contribution in [-0.4, -0.2) is 36.8 Å². The van der Waals surface area contributed by atoms with Gasteiger partial charge in [0.25, 0.3) is 0 Å². The van der Waals surface area contributed by atoms with Crippen molar-refractivity contribution in [1.82, 2.24) is 10.6 Å². The van der Waals surface area contributed by atoms with Crippen LogP contribution in [0.25, 0.3) is 0 Å². The molecule has 0 aromatic heterocycles. The second-order valence-electron chi connectivity index (χ2n) is 5.90. The number of hydrogen-bond donors (Lipinski definition) is 3. The number of carbonyl (C=O) groups excluding carboxylic acids is 1. The molecule has 1 aliphatic heterocycles. The average Bonchev–Trinajstić information content (AvgIpc) is 3.21. The summed E-state index contributed by atoms with van der Waals surface area (Å²) < 4.78 is 0. The largest absolute Gasteiger partial charge is 0.391 e. The Balaban J connectivity index is 1.86. The fourth-order valence-electron chi connectivity index (χ4n) is 3.01. The molecule has 0 bridgehead atoms. The van der Waals surface area contributed by atoms with E-state index >= 15 is 0 Å². The van der Waals surface area contributed by atoms with Gasteiger partial charge in [-0.1, -0.05) is 13.3 Å².